The molecule has 0 aliphatic rings. The van der Waals surface area contributed by atoms with E-state index in [0.717, 1.165) is 17.9 Å². The Bertz CT molecular complexity index is 303. The molecule has 0 saturated heterocycles. The Balaban J connectivity index is 2.26. The van der Waals surface area contributed by atoms with E-state index in [1.807, 2.05) is 6.07 Å². The van der Waals surface area contributed by atoms with E-state index in [9.17, 15) is 0 Å². The summed E-state index contributed by atoms with van der Waals surface area (Å²) in [5.41, 5.74) is 6.49. The van der Waals surface area contributed by atoms with Crippen LogP contribution in [0.15, 0.2) is 18.5 Å². The molecule has 90 valence electrons. The van der Waals surface area contributed by atoms with Crippen LogP contribution in [0.25, 0.3) is 0 Å². The topological polar surface area (TPSA) is 57.4 Å². The largest absolute Gasteiger partial charge is 0.491 e. The fourth-order valence-electron chi connectivity index (χ4n) is 1.24. The molecule has 0 bridgehead atoms. The fourth-order valence-corrected chi connectivity index (χ4v) is 1.24. The number of hydrogen-bond acceptors (Lipinski definition) is 4. The summed E-state index contributed by atoms with van der Waals surface area (Å²) in [4.78, 5) is 3.99. The molecule has 1 aromatic heterocycles. The Kier molecular flexibility index (Phi) is 5.82. The molecule has 0 unspecified atom stereocenters. The molecule has 1 aromatic rings. The van der Waals surface area contributed by atoms with Crippen LogP contribution in [-0.4, -0.2) is 24.8 Å². The van der Waals surface area contributed by atoms with Crippen molar-refractivity contribution in [3.63, 3.8) is 0 Å². The SMILES string of the molecule is CC(C)COCCOc1ccncc1CN. The van der Waals surface area contributed by atoms with Gasteiger partial charge in [-0.05, 0) is 12.0 Å². The normalized spacial score (nSPS) is 10.8. The molecule has 4 heteroatoms. The van der Waals surface area contributed by atoms with Crippen molar-refractivity contribution in [3.8, 4) is 5.75 Å². The summed E-state index contributed by atoms with van der Waals surface area (Å²) in [5, 5.41) is 0. The van der Waals surface area contributed by atoms with Crippen molar-refractivity contribution in [3.05, 3.63) is 24.0 Å². The second-order valence-electron chi connectivity index (χ2n) is 4.00. The van der Waals surface area contributed by atoms with Gasteiger partial charge in [0.15, 0.2) is 0 Å². The van der Waals surface area contributed by atoms with Crippen molar-refractivity contribution in [2.75, 3.05) is 19.8 Å². The van der Waals surface area contributed by atoms with Crippen LogP contribution >= 0.6 is 0 Å². The zero-order valence-electron chi connectivity index (χ0n) is 9.98. The lowest BCUT2D eigenvalue weighted by Crippen LogP contribution is -2.11. The van der Waals surface area contributed by atoms with Crippen molar-refractivity contribution < 1.29 is 9.47 Å². The molecule has 0 aromatic carbocycles. The molecular weight excluding hydrogens is 204 g/mol. The Labute approximate surface area is 96.8 Å². The third-order valence-electron chi connectivity index (χ3n) is 2.02. The predicted octanol–water partition coefficient (Wildman–Crippen LogP) is 1.59. The van der Waals surface area contributed by atoms with E-state index in [4.69, 9.17) is 15.2 Å². The number of nitrogens with two attached hydrogens (primary N) is 1. The molecule has 1 rings (SSSR count). The smallest absolute Gasteiger partial charge is 0.126 e. The van der Waals surface area contributed by atoms with Crippen LogP contribution in [0.2, 0.25) is 0 Å². The lowest BCUT2D eigenvalue weighted by molar-refractivity contribution is 0.0816. The van der Waals surface area contributed by atoms with Gasteiger partial charge in [-0.3, -0.25) is 4.98 Å². The maximum atomic E-state index is 5.57. The van der Waals surface area contributed by atoms with Gasteiger partial charge in [0.25, 0.3) is 0 Å². The number of rotatable bonds is 7. The lowest BCUT2D eigenvalue weighted by Gasteiger charge is -2.10. The minimum Gasteiger partial charge on any atom is -0.491 e. The second-order valence-corrected chi connectivity index (χ2v) is 4.00. The molecule has 0 atom stereocenters. The van der Waals surface area contributed by atoms with E-state index < -0.39 is 0 Å². The van der Waals surface area contributed by atoms with E-state index in [0.29, 0.717) is 25.7 Å². The van der Waals surface area contributed by atoms with E-state index in [1.165, 1.54) is 0 Å². The zero-order chi connectivity index (χ0) is 11.8. The lowest BCUT2D eigenvalue weighted by atomic mass is 10.2. The van der Waals surface area contributed by atoms with Gasteiger partial charge in [-0.1, -0.05) is 13.8 Å². The van der Waals surface area contributed by atoms with Gasteiger partial charge in [0, 0.05) is 31.1 Å². The third-order valence-corrected chi connectivity index (χ3v) is 2.02. The van der Waals surface area contributed by atoms with Crippen LogP contribution in [-0.2, 0) is 11.3 Å². The van der Waals surface area contributed by atoms with Gasteiger partial charge in [-0.2, -0.15) is 0 Å². The zero-order valence-corrected chi connectivity index (χ0v) is 9.98. The highest BCUT2D eigenvalue weighted by Gasteiger charge is 2.01. The first kappa shape index (κ1) is 12.9. The monoisotopic (exact) mass is 224 g/mol. The van der Waals surface area contributed by atoms with E-state index in [-0.39, 0.29) is 0 Å². The molecule has 1 heterocycles. The Hall–Kier alpha value is -1.13. The summed E-state index contributed by atoms with van der Waals surface area (Å²) in [6.07, 6.45) is 3.42. The summed E-state index contributed by atoms with van der Waals surface area (Å²) >= 11 is 0. The number of pyridine rings is 1. The minimum atomic E-state index is 0.441. The van der Waals surface area contributed by atoms with Crippen molar-refractivity contribution in [1.82, 2.24) is 4.98 Å². The molecule has 0 aliphatic carbocycles. The summed E-state index contributed by atoms with van der Waals surface area (Å²) < 4.78 is 11.0. The van der Waals surface area contributed by atoms with Crippen molar-refractivity contribution in [2.24, 2.45) is 11.7 Å². The van der Waals surface area contributed by atoms with Crippen molar-refractivity contribution in [2.45, 2.75) is 20.4 Å². The summed E-state index contributed by atoms with van der Waals surface area (Å²) in [6.45, 7) is 6.60. The summed E-state index contributed by atoms with van der Waals surface area (Å²) in [5.74, 6) is 1.35. The molecular formula is C12H20N2O2. The van der Waals surface area contributed by atoms with E-state index >= 15 is 0 Å². The molecule has 0 saturated carbocycles. The van der Waals surface area contributed by atoms with Gasteiger partial charge in [0.1, 0.15) is 12.4 Å². The van der Waals surface area contributed by atoms with Crippen LogP contribution in [0.5, 0.6) is 5.75 Å². The highest BCUT2D eigenvalue weighted by Crippen LogP contribution is 2.15. The predicted molar refractivity (Wildman–Crippen MR) is 63.3 cm³/mol. The highest BCUT2D eigenvalue weighted by atomic mass is 16.5. The molecule has 0 spiro atoms. The van der Waals surface area contributed by atoms with Gasteiger partial charge >= 0.3 is 0 Å². The third kappa shape index (κ3) is 4.59. The Morgan fingerprint density at radius 2 is 2.19 bits per heavy atom. The number of hydrogen-bond donors (Lipinski definition) is 1. The maximum Gasteiger partial charge on any atom is 0.126 e. The molecule has 4 nitrogen and oxygen atoms in total. The molecule has 0 aliphatic heterocycles. The number of nitrogens with zero attached hydrogens (tertiary/aromatic N) is 1. The average molecular weight is 224 g/mol. The van der Waals surface area contributed by atoms with Gasteiger partial charge in [0.05, 0.1) is 6.61 Å². The van der Waals surface area contributed by atoms with Crippen molar-refractivity contribution >= 4 is 0 Å². The standard InChI is InChI=1S/C12H20N2O2/c1-10(2)9-15-5-6-16-12-3-4-14-8-11(12)7-13/h3-4,8,10H,5-7,9,13H2,1-2H3. The van der Waals surface area contributed by atoms with Crippen LogP contribution < -0.4 is 10.5 Å². The molecule has 0 radical (unpaired) electrons. The summed E-state index contributed by atoms with van der Waals surface area (Å²) in [6, 6.07) is 1.82. The van der Waals surface area contributed by atoms with E-state index in [2.05, 4.69) is 18.8 Å². The quantitative estimate of drug-likeness (QED) is 0.715. The second kappa shape index (κ2) is 7.19. The van der Waals surface area contributed by atoms with Crippen LogP contribution in [0.1, 0.15) is 19.4 Å². The molecule has 16 heavy (non-hydrogen) atoms. The molecule has 0 fully saturated rings. The summed E-state index contributed by atoms with van der Waals surface area (Å²) in [7, 11) is 0. The van der Waals surface area contributed by atoms with Crippen molar-refractivity contribution in [1.29, 1.82) is 0 Å². The highest BCUT2D eigenvalue weighted by molar-refractivity contribution is 5.29. The maximum absolute atomic E-state index is 5.57. The molecule has 0 amide bonds. The minimum absolute atomic E-state index is 0.441. The average Bonchev–Trinajstić information content (AvgIpc) is 2.29. The van der Waals surface area contributed by atoms with Crippen LogP contribution in [0.3, 0.4) is 0 Å². The molecule has 2 N–H and O–H groups in total. The number of ether oxygens (including phenoxy) is 2. The van der Waals surface area contributed by atoms with Crippen LogP contribution in [0, 0.1) is 5.92 Å². The first-order valence-electron chi connectivity index (χ1n) is 5.57. The fraction of sp³-hybridized carbons (Fsp3) is 0.583. The first-order valence-corrected chi connectivity index (χ1v) is 5.57. The van der Waals surface area contributed by atoms with Gasteiger partial charge in [-0.25, -0.2) is 0 Å². The van der Waals surface area contributed by atoms with Gasteiger partial charge in [0.2, 0.25) is 0 Å². The van der Waals surface area contributed by atoms with Gasteiger partial charge < -0.3 is 15.2 Å². The number of aromatic nitrogens is 1. The van der Waals surface area contributed by atoms with Gasteiger partial charge in [-0.15, -0.1) is 0 Å². The Morgan fingerprint density at radius 1 is 1.38 bits per heavy atom. The van der Waals surface area contributed by atoms with Crippen LogP contribution in [0.4, 0.5) is 0 Å². The van der Waals surface area contributed by atoms with E-state index in [1.54, 1.807) is 12.4 Å². The Morgan fingerprint density at radius 3 is 2.88 bits per heavy atom. The first-order chi connectivity index (χ1) is 7.74.